The van der Waals surface area contributed by atoms with Crippen LogP contribution < -0.4 is 10.7 Å². The first kappa shape index (κ1) is 17.6. The Bertz CT molecular complexity index is 881. The number of hydrogen-bond acceptors (Lipinski definition) is 4. The van der Waals surface area contributed by atoms with Gasteiger partial charge in [-0.2, -0.15) is 5.26 Å². The largest absolute Gasteiger partial charge is 0.382 e. The van der Waals surface area contributed by atoms with Gasteiger partial charge in [0, 0.05) is 11.0 Å². The normalized spacial score (nSPS) is 10.4. The summed E-state index contributed by atoms with van der Waals surface area (Å²) in [6.07, 6.45) is 2.98. The van der Waals surface area contributed by atoms with Crippen LogP contribution in [0, 0.1) is 11.3 Å². The zero-order valence-corrected chi connectivity index (χ0v) is 14.6. The molecule has 2 rings (SSSR count). The predicted molar refractivity (Wildman–Crippen MR) is 99.1 cm³/mol. The van der Waals surface area contributed by atoms with Gasteiger partial charge in [0.25, 0.3) is 0 Å². The number of hydrogen-bond donors (Lipinski definition) is 1. The van der Waals surface area contributed by atoms with E-state index in [2.05, 4.69) is 21.2 Å². The maximum absolute atomic E-state index is 12.5. The van der Waals surface area contributed by atoms with Crippen LogP contribution in [0.5, 0.6) is 0 Å². The number of nitrogens with zero attached hydrogens (tertiary/aromatic N) is 1. The van der Waals surface area contributed by atoms with Crippen molar-refractivity contribution >= 4 is 33.5 Å². The summed E-state index contributed by atoms with van der Waals surface area (Å²) in [6.45, 7) is 2.47. The SMILES string of the molecule is CCNc1ccc(Br)cc(C(=O)/C=C\c2ccc(C#N)cc2)c1=O. The third-order valence-corrected chi connectivity index (χ3v) is 3.77. The molecule has 1 N–H and O–H groups in total. The minimum atomic E-state index is -0.375. The molecule has 0 spiro atoms. The van der Waals surface area contributed by atoms with Crippen LogP contribution >= 0.6 is 15.9 Å². The molecule has 0 fully saturated rings. The lowest BCUT2D eigenvalue weighted by atomic mass is 10.1. The molecule has 2 aromatic carbocycles. The van der Waals surface area contributed by atoms with Crippen LogP contribution in [0.3, 0.4) is 0 Å². The van der Waals surface area contributed by atoms with Gasteiger partial charge in [-0.3, -0.25) is 9.59 Å². The van der Waals surface area contributed by atoms with E-state index in [0.717, 1.165) is 5.56 Å². The lowest BCUT2D eigenvalue weighted by Gasteiger charge is -1.99. The van der Waals surface area contributed by atoms with Gasteiger partial charge < -0.3 is 5.32 Å². The summed E-state index contributed by atoms with van der Waals surface area (Å²) < 4.78 is 0.652. The summed E-state index contributed by atoms with van der Waals surface area (Å²) in [6, 6.07) is 13.8. The van der Waals surface area contributed by atoms with E-state index >= 15 is 0 Å². The highest BCUT2D eigenvalue weighted by atomic mass is 79.9. The number of rotatable bonds is 5. The van der Waals surface area contributed by atoms with Crippen LogP contribution in [0.25, 0.3) is 6.08 Å². The molecule has 5 heteroatoms. The molecule has 0 bridgehead atoms. The predicted octanol–water partition coefficient (Wildman–Crippen LogP) is 4.01. The lowest BCUT2D eigenvalue weighted by molar-refractivity contribution is 0.104. The first-order chi connectivity index (χ1) is 11.5. The fourth-order valence-electron chi connectivity index (χ4n) is 2.08. The molecular formula is C19H15BrN2O2. The topological polar surface area (TPSA) is 70.0 Å². The van der Waals surface area contributed by atoms with Crippen molar-refractivity contribution in [2.75, 3.05) is 11.9 Å². The highest BCUT2D eigenvalue weighted by Crippen LogP contribution is 2.13. The Kier molecular flexibility index (Phi) is 6.05. The van der Waals surface area contributed by atoms with Crippen LogP contribution in [0.2, 0.25) is 0 Å². The van der Waals surface area contributed by atoms with Crippen LogP contribution in [-0.2, 0) is 0 Å². The molecule has 2 aromatic rings. The Morgan fingerprint density at radius 2 is 1.96 bits per heavy atom. The molecule has 0 heterocycles. The number of ketones is 1. The summed E-state index contributed by atoms with van der Waals surface area (Å²) in [5.41, 5.74) is 1.47. The quantitative estimate of drug-likeness (QED) is 0.626. The fraction of sp³-hybridized carbons (Fsp3) is 0.105. The average Bonchev–Trinajstić information content (AvgIpc) is 2.74. The molecule has 0 saturated heterocycles. The molecule has 0 amide bonds. The van der Waals surface area contributed by atoms with Crippen molar-refractivity contribution in [3.8, 4) is 6.07 Å². The van der Waals surface area contributed by atoms with E-state index in [9.17, 15) is 9.59 Å². The minimum absolute atomic E-state index is 0.0905. The second kappa shape index (κ2) is 8.23. The Hall–Kier alpha value is -2.71. The van der Waals surface area contributed by atoms with Crippen molar-refractivity contribution < 1.29 is 4.79 Å². The molecule has 0 aliphatic rings. The number of halogens is 1. The standard InChI is InChI=1S/C19H15BrN2O2/c1-2-22-17-9-8-15(20)11-16(19(17)24)18(23)10-7-13-3-5-14(12-21)6-4-13/h3-11H,2H2,1H3,(H,22,24)/b10-7-. The second-order valence-electron chi connectivity index (χ2n) is 4.98. The molecule has 0 saturated carbocycles. The fourth-order valence-corrected chi connectivity index (χ4v) is 2.44. The second-order valence-corrected chi connectivity index (χ2v) is 5.90. The summed E-state index contributed by atoms with van der Waals surface area (Å²) in [5.74, 6) is -0.375. The van der Waals surface area contributed by atoms with Gasteiger partial charge in [0.2, 0.25) is 5.43 Å². The van der Waals surface area contributed by atoms with Crippen molar-refractivity contribution in [2.45, 2.75) is 6.92 Å². The third kappa shape index (κ3) is 4.40. The van der Waals surface area contributed by atoms with E-state index in [-0.39, 0.29) is 16.8 Å². The maximum atomic E-state index is 12.5. The van der Waals surface area contributed by atoms with E-state index in [1.54, 1.807) is 42.5 Å². The Balaban J connectivity index is 2.35. The number of anilines is 1. The number of nitriles is 1. The van der Waals surface area contributed by atoms with Gasteiger partial charge in [0.05, 0.1) is 22.9 Å². The summed E-state index contributed by atoms with van der Waals surface area (Å²) in [7, 11) is 0. The number of carbonyl (C=O) groups excluding carboxylic acids is 1. The first-order valence-electron chi connectivity index (χ1n) is 7.35. The Labute approximate surface area is 148 Å². The van der Waals surface area contributed by atoms with Gasteiger partial charge in [0.15, 0.2) is 5.78 Å². The van der Waals surface area contributed by atoms with Crippen LogP contribution in [-0.4, -0.2) is 12.3 Å². The van der Waals surface area contributed by atoms with Crippen molar-refractivity contribution in [3.63, 3.8) is 0 Å². The van der Waals surface area contributed by atoms with Gasteiger partial charge in [-0.25, -0.2) is 0 Å². The van der Waals surface area contributed by atoms with E-state index in [1.165, 1.54) is 12.1 Å². The monoisotopic (exact) mass is 382 g/mol. The smallest absolute Gasteiger partial charge is 0.212 e. The van der Waals surface area contributed by atoms with Gasteiger partial charge in [0.1, 0.15) is 0 Å². The molecule has 120 valence electrons. The Morgan fingerprint density at radius 3 is 2.58 bits per heavy atom. The van der Waals surface area contributed by atoms with Crippen molar-refractivity contribution in [1.82, 2.24) is 0 Å². The van der Waals surface area contributed by atoms with E-state index < -0.39 is 0 Å². The molecule has 0 aromatic heterocycles. The van der Waals surface area contributed by atoms with Gasteiger partial charge >= 0.3 is 0 Å². The van der Waals surface area contributed by atoms with Crippen molar-refractivity contribution in [1.29, 1.82) is 5.26 Å². The highest BCUT2D eigenvalue weighted by Gasteiger charge is 2.10. The number of allylic oxidation sites excluding steroid dienone is 1. The van der Waals surface area contributed by atoms with Gasteiger partial charge in [-0.1, -0.05) is 34.1 Å². The molecule has 0 aliphatic carbocycles. The van der Waals surface area contributed by atoms with E-state index in [1.807, 2.05) is 13.0 Å². The molecule has 0 radical (unpaired) electrons. The number of carbonyl (C=O) groups is 1. The van der Waals surface area contributed by atoms with E-state index in [4.69, 9.17) is 5.26 Å². The average molecular weight is 383 g/mol. The maximum Gasteiger partial charge on any atom is 0.212 e. The van der Waals surface area contributed by atoms with E-state index in [0.29, 0.717) is 22.3 Å². The molecule has 0 atom stereocenters. The summed E-state index contributed by atoms with van der Waals surface area (Å²) >= 11 is 3.32. The number of nitrogens with one attached hydrogen (secondary N) is 1. The van der Waals surface area contributed by atoms with Gasteiger partial charge in [-0.05, 0) is 48.9 Å². The van der Waals surface area contributed by atoms with Crippen LogP contribution in [0.15, 0.2) is 57.8 Å². The lowest BCUT2D eigenvalue weighted by Crippen LogP contribution is -2.15. The van der Waals surface area contributed by atoms with Crippen LogP contribution in [0.1, 0.15) is 28.4 Å². The minimum Gasteiger partial charge on any atom is -0.382 e. The van der Waals surface area contributed by atoms with Crippen molar-refractivity contribution in [2.24, 2.45) is 0 Å². The summed E-state index contributed by atoms with van der Waals surface area (Å²) in [5, 5.41) is 11.7. The molecule has 0 aliphatic heterocycles. The highest BCUT2D eigenvalue weighted by molar-refractivity contribution is 9.10. The zero-order valence-electron chi connectivity index (χ0n) is 13.0. The van der Waals surface area contributed by atoms with Crippen molar-refractivity contribution in [3.05, 3.63) is 79.9 Å². The summed E-state index contributed by atoms with van der Waals surface area (Å²) in [4.78, 5) is 24.9. The first-order valence-corrected chi connectivity index (χ1v) is 8.14. The molecule has 4 nitrogen and oxygen atoms in total. The molecule has 0 unspecified atom stereocenters. The van der Waals surface area contributed by atoms with Crippen LogP contribution in [0.4, 0.5) is 5.69 Å². The van der Waals surface area contributed by atoms with Gasteiger partial charge in [-0.15, -0.1) is 0 Å². The zero-order chi connectivity index (χ0) is 17.5. The number of benzene rings is 1. The molecule has 24 heavy (non-hydrogen) atoms. The Morgan fingerprint density at radius 1 is 1.25 bits per heavy atom. The third-order valence-electron chi connectivity index (χ3n) is 3.28. The molecular weight excluding hydrogens is 368 g/mol.